The highest BCUT2D eigenvalue weighted by Crippen LogP contribution is 2.41. The summed E-state index contributed by atoms with van der Waals surface area (Å²) in [6.45, 7) is 8.95. The van der Waals surface area contributed by atoms with Crippen LogP contribution in [0.1, 0.15) is 45.7 Å². The van der Waals surface area contributed by atoms with Gasteiger partial charge in [0.1, 0.15) is 24.0 Å². The summed E-state index contributed by atoms with van der Waals surface area (Å²) >= 11 is 0. The first-order valence-corrected chi connectivity index (χ1v) is 17.7. The number of pyridine rings is 1. The van der Waals surface area contributed by atoms with Crippen LogP contribution in [0.15, 0.2) is 79.1 Å². The van der Waals surface area contributed by atoms with Crippen LogP contribution in [0.4, 0.5) is 11.5 Å². The Morgan fingerprint density at radius 1 is 0.843 bits per heavy atom. The van der Waals surface area contributed by atoms with Crippen LogP contribution < -0.4 is 15.1 Å². The summed E-state index contributed by atoms with van der Waals surface area (Å²) in [6, 6.07) is 24.7. The number of nitrogens with one attached hydrogen (secondary N) is 1. The zero-order chi connectivity index (χ0) is 34.6. The van der Waals surface area contributed by atoms with Crippen LogP contribution in [0.25, 0.3) is 16.6 Å². The maximum Gasteiger partial charge on any atom is 0.259 e. The number of hydrogen-bond acceptors (Lipinski definition) is 9. The van der Waals surface area contributed by atoms with Gasteiger partial charge in [-0.25, -0.2) is 14.6 Å². The maximum absolute atomic E-state index is 13.5. The molecular weight excluding hydrogens is 642 g/mol. The molecule has 51 heavy (non-hydrogen) atoms. The minimum Gasteiger partial charge on any atom is -0.354 e. The number of aromatic nitrogens is 4. The molecule has 3 aromatic carbocycles. The fourth-order valence-electron chi connectivity index (χ4n) is 8.09. The largest absolute Gasteiger partial charge is 0.354 e. The van der Waals surface area contributed by atoms with E-state index in [-0.39, 0.29) is 18.2 Å². The molecule has 0 aliphatic carbocycles. The molecule has 4 aliphatic heterocycles. The average molecular weight is 682 g/mol. The first-order valence-electron chi connectivity index (χ1n) is 17.7. The van der Waals surface area contributed by atoms with Crippen molar-refractivity contribution in [2.45, 2.75) is 44.8 Å². The Bertz CT molecular complexity index is 2170. The molecular formula is C39H39N9O3. The molecule has 3 saturated heterocycles. The van der Waals surface area contributed by atoms with E-state index in [0.29, 0.717) is 18.0 Å². The average Bonchev–Trinajstić information content (AvgIpc) is 3.69. The van der Waals surface area contributed by atoms with Gasteiger partial charge in [0.2, 0.25) is 11.8 Å². The molecule has 3 amide bonds. The van der Waals surface area contributed by atoms with Crippen molar-refractivity contribution in [3.05, 3.63) is 107 Å². The number of benzene rings is 3. The Balaban J connectivity index is 0.795. The van der Waals surface area contributed by atoms with Crippen molar-refractivity contribution in [1.82, 2.24) is 34.9 Å². The molecule has 9 rings (SSSR count). The molecule has 258 valence electrons. The molecule has 0 spiro atoms. The number of anilines is 2. The number of imide groups is 1. The monoisotopic (exact) mass is 681 g/mol. The lowest BCUT2D eigenvalue weighted by Crippen LogP contribution is -2.62. The lowest BCUT2D eigenvalue weighted by atomic mass is 9.95. The van der Waals surface area contributed by atoms with E-state index >= 15 is 0 Å². The van der Waals surface area contributed by atoms with E-state index in [2.05, 4.69) is 72.6 Å². The summed E-state index contributed by atoms with van der Waals surface area (Å²) in [4.78, 5) is 56.1. The number of likely N-dealkylation sites (tertiary alicyclic amines) is 1. The normalized spacial score (nSPS) is 19.9. The highest BCUT2D eigenvalue weighted by molar-refractivity contribution is 6.27. The Labute approximate surface area is 295 Å². The van der Waals surface area contributed by atoms with Crippen molar-refractivity contribution in [2.75, 3.05) is 49.1 Å². The predicted octanol–water partition coefficient (Wildman–Crippen LogP) is 3.49. The van der Waals surface area contributed by atoms with Crippen molar-refractivity contribution in [3.63, 3.8) is 0 Å². The fourth-order valence-corrected chi connectivity index (χ4v) is 8.09. The van der Waals surface area contributed by atoms with Gasteiger partial charge in [0.25, 0.3) is 5.91 Å². The number of piperazine rings is 1. The molecule has 0 bridgehead atoms. The lowest BCUT2D eigenvalue weighted by Gasteiger charge is -2.48. The van der Waals surface area contributed by atoms with E-state index in [1.807, 2.05) is 37.3 Å². The Morgan fingerprint density at radius 3 is 2.37 bits per heavy atom. The minimum atomic E-state index is -0.682. The number of carbonyl (C=O) groups is 3. The first-order chi connectivity index (χ1) is 24.9. The Kier molecular flexibility index (Phi) is 7.85. The molecule has 1 atom stereocenters. The number of hydrogen-bond donors (Lipinski definition) is 1. The van der Waals surface area contributed by atoms with Crippen LogP contribution in [0.5, 0.6) is 0 Å². The van der Waals surface area contributed by atoms with Crippen molar-refractivity contribution in [3.8, 4) is 5.82 Å². The SMILES string of the molecule is Cc1ncn(-c2cccc(N3CCN(C4CN(Cc5ccc(Cc6ccc7c8c(cccc68)C(=O)N7C6CCC(=O)NC6=O)cc5)C4)CC3)n2)n1. The molecule has 12 heteroatoms. The van der Waals surface area contributed by atoms with Gasteiger partial charge in [0.15, 0.2) is 5.82 Å². The van der Waals surface area contributed by atoms with Gasteiger partial charge in [0, 0.05) is 69.2 Å². The molecule has 4 aliphatic rings. The van der Waals surface area contributed by atoms with E-state index < -0.39 is 11.9 Å². The molecule has 5 aromatic rings. The highest BCUT2D eigenvalue weighted by Gasteiger charge is 2.41. The van der Waals surface area contributed by atoms with Crippen LogP contribution in [0.2, 0.25) is 0 Å². The second kappa shape index (κ2) is 12.7. The van der Waals surface area contributed by atoms with Gasteiger partial charge in [-0.2, -0.15) is 5.10 Å². The predicted molar refractivity (Wildman–Crippen MR) is 193 cm³/mol. The van der Waals surface area contributed by atoms with E-state index in [0.717, 1.165) is 91.7 Å². The van der Waals surface area contributed by atoms with Gasteiger partial charge in [-0.1, -0.05) is 48.5 Å². The lowest BCUT2D eigenvalue weighted by molar-refractivity contribution is -0.134. The number of rotatable bonds is 8. The van der Waals surface area contributed by atoms with Crippen LogP contribution in [-0.2, 0) is 22.6 Å². The summed E-state index contributed by atoms with van der Waals surface area (Å²) in [5.74, 6) is 1.63. The van der Waals surface area contributed by atoms with E-state index in [9.17, 15) is 14.4 Å². The van der Waals surface area contributed by atoms with E-state index in [1.165, 1.54) is 11.1 Å². The van der Waals surface area contributed by atoms with E-state index in [1.54, 1.807) is 15.9 Å². The second-order valence-electron chi connectivity index (χ2n) is 14.1. The maximum atomic E-state index is 13.5. The third-order valence-corrected chi connectivity index (χ3v) is 10.8. The summed E-state index contributed by atoms with van der Waals surface area (Å²) in [5.41, 5.74) is 5.01. The third kappa shape index (κ3) is 5.83. The number of aryl methyl sites for hydroxylation is 1. The van der Waals surface area contributed by atoms with Gasteiger partial charge >= 0.3 is 0 Å². The zero-order valence-electron chi connectivity index (χ0n) is 28.5. The second-order valence-corrected chi connectivity index (χ2v) is 14.1. The standard InChI is InChI=1S/C39H39N9O3/c1-25-40-24-47(43-25)35-7-3-6-34(41-35)46-18-16-45(17-19-46)29-22-44(23-29)21-27-10-8-26(9-11-27)20-28-12-13-32-37-30(28)4-2-5-31(37)39(51)48(32)33-14-15-36(49)42-38(33)50/h2-13,24,29,33H,14-23H2,1H3,(H,42,49,50). The summed E-state index contributed by atoms with van der Waals surface area (Å²) in [5, 5.41) is 8.71. The minimum absolute atomic E-state index is 0.180. The smallest absolute Gasteiger partial charge is 0.259 e. The first kappa shape index (κ1) is 31.5. The van der Waals surface area contributed by atoms with Crippen LogP contribution in [0.3, 0.4) is 0 Å². The molecule has 3 fully saturated rings. The van der Waals surface area contributed by atoms with Crippen LogP contribution >= 0.6 is 0 Å². The van der Waals surface area contributed by atoms with Crippen LogP contribution in [0, 0.1) is 6.92 Å². The van der Waals surface area contributed by atoms with Gasteiger partial charge in [0.05, 0.1) is 5.69 Å². The molecule has 1 unspecified atom stereocenters. The van der Waals surface area contributed by atoms with Gasteiger partial charge < -0.3 is 4.90 Å². The van der Waals surface area contributed by atoms with Crippen molar-refractivity contribution >= 4 is 40.0 Å². The topological polar surface area (TPSA) is 120 Å². The highest BCUT2D eigenvalue weighted by atomic mass is 16.2. The molecule has 6 heterocycles. The molecule has 0 saturated carbocycles. The van der Waals surface area contributed by atoms with E-state index in [4.69, 9.17) is 4.98 Å². The van der Waals surface area contributed by atoms with Gasteiger partial charge in [-0.15, -0.1) is 0 Å². The number of nitrogens with zero attached hydrogens (tertiary/aromatic N) is 8. The number of carbonyl (C=O) groups excluding carboxylic acids is 3. The summed E-state index contributed by atoms with van der Waals surface area (Å²) in [7, 11) is 0. The molecule has 0 radical (unpaired) electrons. The van der Waals surface area contributed by atoms with Crippen molar-refractivity contribution in [1.29, 1.82) is 0 Å². The molecule has 2 aromatic heterocycles. The number of amides is 3. The quantitative estimate of drug-likeness (QED) is 0.246. The Hall–Kier alpha value is -5.46. The number of piperidine rings is 1. The van der Waals surface area contributed by atoms with Gasteiger partial charge in [-0.3, -0.25) is 34.4 Å². The summed E-state index contributed by atoms with van der Waals surface area (Å²) < 4.78 is 1.73. The molecule has 1 N–H and O–H groups in total. The van der Waals surface area contributed by atoms with Crippen molar-refractivity contribution in [2.24, 2.45) is 0 Å². The third-order valence-electron chi connectivity index (χ3n) is 10.8. The molecule has 12 nitrogen and oxygen atoms in total. The zero-order valence-corrected chi connectivity index (χ0v) is 28.5. The van der Waals surface area contributed by atoms with Crippen LogP contribution in [-0.4, -0.2) is 98.6 Å². The summed E-state index contributed by atoms with van der Waals surface area (Å²) in [6.07, 6.45) is 3.00. The van der Waals surface area contributed by atoms with Gasteiger partial charge in [-0.05, 0) is 66.1 Å². The van der Waals surface area contributed by atoms with Crippen molar-refractivity contribution < 1.29 is 14.4 Å². The Morgan fingerprint density at radius 2 is 1.61 bits per heavy atom. The fraction of sp³-hybridized carbons (Fsp3) is 0.333.